The van der Waals surface area contributed by atoms with Gasteiger partial charge in [-0.1, -0.05) is 0 Å². The minimum atomic E-state index is -0.491. The monoisotopic (exact) mass is 259 g/mol. The van der Waals surface area contributed by atoms with Gasteiger partial charge < -0.3 is 5.32 Å². The minimum Gasteiger partial charge on any atom is -0.334 e. The predicted molar refractivity (Wildman–Crippen MR) is 52.4 cm³/mol. The van der Waals surface area contributed by atoms with E-state index < -0.39 is 6.04 Å². The lowest BCUT2D eigenvalue weighted by Crippen LogP contribution is -2.31. The fourth-order valence-corrected chi connectivity index (χ4v) is 1.76. The summed E-state index contributed by atoms with van der Waals surface area (Å²) in [6.45, 7) is 1.61. The summed E-state index contributed by atoms with van der Waals surface area (Å²) >= 11 is 4.43. The van der Waals surface area contributed by atoms with Gasteiger partial charge in [-0.15, -0.1) is 11.3 Å². The number of nitrogens with zero attached hydrogens (tertiary/aromatic N) is 2. The van der Waals surface area contributed by atoms with Crippen LogP contribution in [0.2, 0.25) is 0 Å². The predicted octanol–water partition coefficient (Wildman–Crippen LogP) is 1.55. The number of carbonyl (C=O) groups is 1. The number of nitriles is 1. The van der Waals surface area contributed by atoms with Crippen molar-refractivity contribution < 1.29 is 4.79 Å². The van der Waals surface area contributed by atoms with Crippen molar-refractivity contribution in [3.05, 3.63) is 15.0 Å². The molecule has 68 valence electrons. The van der Waals surface area contributed by atoms with Crippen LogP contribution in [0.25, 0.3) is 0 Å². The Balaban J connectivity index is 2.65. The molecule has 1 atom stereocenters. The molecule has 0 fully saturated rings. The van der Waals surface area contributed by atoms with E-state index >= 15 is 0 Å². The van der Waals surface area contributed by atoms with Crippen molar-refractivity contribution in [2.24, 2.45) is 0 Å². The molecule has 1 aromatic heterocycles. The number of hydrogen-bond acceptors (Lipinski definition) is 4. The van der Waals surface area contributed by atoms with Gasteiger partial charge in [-0.3, -0.25) is 4.79 Å². The van der Waals surface area contributed by atoms with Crippen LogP contribution in [0.15, 0.2) is 9.98 Å². The summed E-state index contributed by atoms with van der Waals surface area (Å²) < 4.78 is 0.794. The molecule has 0 spiro atoms. The maximum absolute atomic E-state index is 11.3. The molecule has 1 amide bonds. The van der Waals surface area contributed by atoms with Crippen LogP contribution in [-0.4, -0.2) is 16.9 Å². The zero-order valence-corrected chi connectivity index (χ0v) is 9.15. The molecule has 0 bridgehead atoms. The molecule has 0 aliphatic carbocycles. The van der Waals surface area contributed by atoms with Crippen LogP contribution in [0, 0.1) is 11.3 Å². The summed E-state index contributed by atoms with van der Waals surface area (Å²) in [5, 5.41) is 11.3. The summed E-state index contributed by atoms with van der Waals surface area (Å²) in [6.07, 6.45) is 1.55. The Morgan fingerprint density at radius 3 is 3.08 bits per heavy atom. The first-order valence-corrected chi connectivity index (χ1v) is 5.06. The highest BCUT2D eigenvalue weighted by atomic mass is 79.9. The first kappa shape index (κ1) is 10.2. The Labute approximate surface area is 87.7 Å². The lowest BCUT2D eigenvalue weighted by Gasteiger charge is -2.02. The Morgan fingerprint density at radius 1 is 1.92 bits per heavy atom. The Morgan fingerprint density at radius 2 is 2.62 bits per heavy atom. The third kappa shape index (κ3) is 2.79. The number of aromatic nitrogens is 1. The zero-order valence-electron chi connectivity index (χ0n) is 6.74. The zero-order chi connectivity index (χ0) is 9.84. The van der Waals surface area contributed by atoms with Crippen molar-refractivity contribution in [2.45, 2.75) is 13.0 Å². The van der Waals surface area contributed by atoms with Crippen molar-refractivity contribution in [1.29, 1.82) is 5.26 Å². The highest BCUT2D eigenvalue weighted by Crippen LogP contribution is 2.18. The van der Waals surface area contributed by atoms with Crippen molar-refractivity contribution in [2.75, 3.05) is 0 Å². The van der Waals surface area contributed by atoms with Crippen LogP contribution < -0.4 is 5.32 Å². The number of halogens is 1. The first-order valence-electron chi connectivity index (χ1n) is 3.45. The van der Waals surface area contributed by atoms with Crippen LogP contribution >= 0.6 is 27.3 Å². The highest BCUT2D eigenvalue weighted by molar-refractivity contribution is 9.11. The van der Waals surface area contributed by atoms with Crippen LogP contribution in [0.5, 0.6) is 0 Å². The van der Waals surface area contributed by atoms with Crippen molar-refractivity contribution >= 4 is 33.2 Å². The van der Waals surface area contributed by atoms with Crippen molar-refractivity contribution in [3.63, 3.8) is 0 Å². The number of hydrogen-bond donors (Lipinski definition) is 1. The molecule has 0 saturated heterocycles. The maximum atomic E-state index is 11.3. The molecule has 4 nitrogen and oxygen atoms in total. The molecule has 0 radical (unpaired) electrons. The van der Waals surface area contributed by atoms with E-state index in [2.05, 4.69) is 26.2 Å². The number of thiazole rings is 1. The summed E-state index contributed by atoms with van der Waals surface area (Å²) in [7, 11) is 0. The van der Waals surface area contributed by atoms with E-state index in [-0.39, 0.29) is 5.91 Å². The Hall–Kier alpha value is -0.930. The first-order chi connectivity index (χ1) is 6.13. The number of carbonyl (C=O) groups excluding carboxylic acids is 1. The average molecular weight is 260 g/mol. The van der Waals surface area contributed by atoms with Gasteiger partial charge in [0.1, 0.15) is 6.04 Å². The van der Waals surface area contributed by atoms with Crippen LogP contribution in [-0.2, 0) is 0 Å². The molecule has 6 heteroatoms. The summed E-state index contributed by atoms with van der Waals surface area (Å²) in [5.41, 5.74) is 0. The maximum Gasteiger partial charge on any atom is 0.281 e. The largest absolute Gasteiger partial charge is 0.334 e. The number of amides is 1. The number of rotatable bonds is 2. The fourth-order valence-electron chi connectivity index (χ4n) is 0.650. The minimum absolute atomic E-state index is 0.315. The molecule has 1 heterocycles. The van der Waals surface area contributed by atoms with Gasteiger partial charge in [0.05, 0.1) is 16.1 Å². The highest BCUT2D eigenvalue weighted by Gasteiger charge is 2.12. The SMILES string of the molecule is C[C@@H](C#N)NC(=O)c1ncc(Br)s1. The van der Waals surface area contributed by atoms with Crippen LogP contribution in [0.1, 0.15) is 16.7 Å². The van der Waals surface area contributed by atoms with Crippen molar-refractivity contribution in [1.82, 2.24) is 10.3 Å². The molecule has 0 aliphatic rings. The lowest BCUT2D eigenvalue weighted by molar-refractivity contribution is 0.0947. The molecular formula is C7H6BrN3OS. The molecule has 1 rings (SSSR count). The van der Waals surface area contributed by atoms with Gasteiger partial charge in [0.15, 0.2) is 5.01 Å². The molecule has 0 aromatic carbocycles. The van der Waals surface area contributed by atoms with E-state index in [1.165, 1.54) is 11.3 Å². The van der Waals surface area contributed by atoms with Gasteiger partial charge in [-0.2, -0.15) is 5.26 Å². The van der Waals surface area contributed by atoms with Gasteiger partial charge in [-0.05, 0) is 22.9 Å². The number of nitrogens with one attached hydrogen (secondary N) is 1. The topological polar surface area (TPSA) is 65.8 Å². The van der Waals surface area contributed by atoms with Crippen LogP contribution in [0.3, 0.4) is 0 Å². The van der Waals surface area contributed by atoms with E-state index in [0.717, 1.165) is 3.79 Å². The molecule has 0 saturated carbocycles. The van der Waals surface area contributed by atoms with Gasteiger partial charge in [0, 0.05) is 0 Å². The van der Waals surface area contributed by atoms with Gasteiger partial charge in [0.25, 0.3) is 5.91 Å². The van der Waals surface area contributed by atoms with Crippen LogP contribution in [0.4, 0.5) is 0 Å². The quantitative estimate of drug-likeness (QED) is 0.877. The molecule has 1 aromatic rings. The summed E-state index contributed by atoms with van der Waals surface area (Å²) in [6, 6.07) is 1.41. The summed E-state index contributed by atoms with van der Waals surface area (Å²) in [5.74, 6) is -0.315. The summed E-state index contributed by atoms with van der Waals surface area (Å²) in [4.78, 5) is 15.1. The molecule has 1 N–H and O–H groups in total. The Kier molecular flexibility index (Phi) is 3.39. The fraction of sp³-hybridized carbons (Fsp3) is 0.286. The van der Waals surface area contributed by atoms with E-state index in [9.17, 15) is 4.79 Å². The molecule has 0 aliphatic heterocycles. The smallest absolute Gasteiger partial charge is 0.281 e. The van der Waals surface area contributed by atoms with Crippen molar-refractivity contribution in [3.8, 4) is 6.07 Å². The second-order valence-electron chi connectivity index (χ2n) is 2.29. The van der Waals surface area contributed by atoms with Gasteiger partial charge >= 0.3 is 0 Å². The third-order valence-electron chi connectivity index (χ3n) is 1.21. The van der Waals surface area contributed by atoms with E-state index in [1.807, 2.05) is 6.07 Å². The van der Waals surface area contributed by atoms with E-state index in [0.29, 0.717) is 5.01 Å². The normalized spacial score (nSPS) is 11.8. The van der Waals surface area contributed by atoms with E-state index in [1.54, 1.807) is 13.1 Å². The van der Waals surface area contributed by atoms with Gasteiger partial charge in [-0.25, -0.2) is 4.98 Å². The average Bonchev–Trinajstić information content (AvgIpc) is 2.51. The third-order valence-corrected chi connectivity index (χ3v) is 2.69. The second kappa shape index (κ2) is 4.35. The van der Waals surface area contributed by atoms with E-state index in [4.69, 9.17) is 5.26 Å². The molecule has 13 heavy (non-hydrogen) atoms. The van der Waals surface area contributed by atoms with Gasteiger partial charge in [0.2, 0.25) is 0 Å². The lowest BCUT2D eigenvalue weighted by atomic mass is 10.4. The second-order valence-corrected chi connectivity index (χ2v) is 4.70. The molecule has 0 unspecified atom stereocenters. The molecular weight excluding hydrogens is 254 g/mol. The Bertz CT molecular complexity index is 357. The standard InChI is InChI=1S/C7H6BrN3OS/c1-4(2-9)11-6(12)7-10-3-5(8)13-7/h3-4H,1H3,(H,11,12)/t4-/m0/s1.